The predicted octanol–water partition coefficient (Wildman–Crippen LogP) is 4.50. The van der Waals surface area contributed by atoms with E-state index in [9.17, 15) is 4.79 Å². The molecule has 1 aromatic carbocycles. The Morgan fingerprint density at radius 1 is 1.24 bits per heavy atom. The van der Waals surface area contributed by atoms with E-state index in [1.165, 1.54) is 17.3 Å². The zero-order chi connectivity index (χ0) is 18.1. The molecule has 0 fully saturated rings. The fraction of sp³-hybridized carbons (Fsp3) is 0.250. The van der Waals surface area contributed by atoms with Crippen LogP contribution in [-0.4, -0.2) is 22.9 Å². The normalized spacial score (nSPS) is 11.9. The lowest BCUT2D eigenvalue weighted by atomic mass is 10.0. The van der Waals surface area contributed by atoms with Crippen molar-refractivity contribution in [2.45, 2.75) is 31.7 Å². The third-order valence-corrected chi connectivity index (χ3v) is 4.39. The van der Waals surface area contributed by atoms with Crippen molar-refractivity contribution in [1.82, 2.24) is 10.4 Å². The minimum atomic E-state index is -0.152. The molecule has 25 heavy (non-hydrogen) atoms. The summed E-state index contributed by atoms with van der Waals surface area (Å²) >= 11 is 1.38. The molecule has 0 radical (unpaired) electrons. The van der Waals surface area contributed by atoms with E-state index < -0.39 is 0 Å². The summed E-state index contributed by atoms with van der Waals surface area (Å²) in [5.74, 6) is 0.661. The van der Waals surface area contributed by atoms with E-state index in [0.29, 0.717) is 5.92 Å². The first-order chi connectivity index (χ1) is 12.0. The first-order valence-electron chi connectivity index (χ1n) is 8.18. The van der Waals surface area contributed by atoms with Crippen LogP contribution >= 0.6 is 11.8 Å². The molecule has 0 aliphatic carbocycles. The molecule has 130 valence electrons. The number of carbonyl (C=O) groups excluding carboxylic acids is 1. The Kier molecular flexibility index (Phi) is 7.41. The van der Waals surface area contributed by atoms with Gasteiger partial charge >= 0.3 is 0 Å². The molecule has 5 heteroatoms. The van der Waals surface area contributed by atoms with Crippen LogP contribution in [0.5, 0.6) is 0 Å². The molecule has 0 atom stereocenters. The van der Waals surface area contributed by atoms with Crippen molar-refractivity contribution in [3.8, 4) is 0 Å². The van der Waals surface area contributed by atoms with Gasteiger partial charge in [-0.1, -0.05) is 62.0 Å². The summed E-state index contributed by atoms with van der Waals surface area (Å²) in [7, 11) is 0. The Morgan fingerprint density at radius 2 is 2.00 bits per heavy atom. The fourth-order valence-corrected chi connectivity index (χ4v) is 2.74. The summed E-state index contributed by atoms with van der Waals surface area (Å²) in [5, 5.41) is 4.82. The number of allylic oxidation sites excluding steroid dienone is 1. The van der Waals surface area contributed by atoms with E-state index in [2.05, 4.69) is 53.6 Å². The maximum absolute atomic E-state index is 11.8. The van der Waals surface area contributed by atoms with Crippen molar-refractivity contribution >= 4 is 30.0 Å². The highest BCUT2D eigenvalue weighted by Gasteiger charge is 2.01. The Balaban J connectivity index is 1.80. The number of rotatable bonds is 7. The second kappa shape index (κ2) is 9.79. The molecular weight excluding hydrogens is 330 g/mol. The monoisotopic (exact) mass is 353 g/mol. The number of hydrazone groups is 1. The zero-order valence-electron chi connectivity index (χ0n) is 14.8. The molecule has 0 aliphatic rings. The van der Waals surface area contributed by atoms with Gasteiger partial charge in [0.15, 0.2) is 0 Å². The molecule has 4 nitrogen and oxygen atoms in total. The molecular formula is C20H23N3OS. The van der Waals surface area contributed by atoms with Crippen LogP contribution in [0, 0.1) is 0 Å². The molecule has 1 N–H and O–H groups in total. The van der Waals surface area contributed by atoms with Gasteiger partial charge in [0.2, 0.25) is 5.91 Å². The molecule has 1 heterocycles. The Hall–Kier alpha value is -2.40. The standard InChI is InChI=1S/C20H23N3OS/c1-15(2)18-9-7-17(8-10-18)12-16(3)13-22-23-19(24)14-25-20-6-4-5-11-21-20/h4-13,15H,14H2,1-3H3,(H,23,24)/b16-12-,22-13?. The van der Waals surface area contributed by atoms with E-state index in [0.717, 1.165) is 16.2 Å². The maximum Gasteiger partial charge on any atom is 0.250 e. The van der Waals surface area contributed by atoms with Gasteiger partial charge in [0.05, 0.1) is 17.0 Å². The number of thioether (sulfide) groups is 1. The smallest absolute Gasteiger partial charge is 0.250 e. The first-order valence-corrected chi connectivity index (χ1v) is 9.17. The number of pyridine rings is 1. The maximum atomic E-state index is 11.8. The summed E-state index contributed by atoms with van der Waals surface area (Å²) < 4.78 is 0. The summed E-state index contributed by atoms with van der Waals surface area (Å²) in [6.07, 6.45) is 5.39. The quantitative estimate of drug-likeness (QED) is 0.453. The van der Waals surface area contributed by atoms with E-state index >= 15 is 0 Å². The van der Waals surface area contributed by atoms with E-state index in [1.54, 1.807) is 12.4 Å². The predicted molar refractivity (Wildman–Crippen MR) is 106 cm³/mol. The molecule has 1 aromatic heterocycles. The van der Waals surface area contributed by atoms with Crippen LogP contribution in [0.4, 0.5) is 0 Å². The van der Waals surface area contributed by atoms with Gasteiger partial charge in [0.25, 0.3) is 0 Å². The Labute approximate surface area is 153 Å². The van der Waals surface area contributed by atoms with Crippen molar-refractivity contribution in [1.29, 1.82) is 0 Å². The molecule has 1 amide bonds. The summed E-state index contributed by atoms with van der Waals surface area (Å²) in [6, 6.07) is 14.1. The van der Waals surface area contributed by atoms with Crippen molar-refractivity contribution < 1.29 is 4.79 Å². The molecule has 0 bridgehead atoms. The van der Waals surface area contributed by atoms with Gasteiger partial charge in [-0.25, -0.2) is 10.4 Å². The lowest BCUT2D eigenvalue weighted by Gasteiger charge is -2.05. The van der Waals surface area contributed by atoms with E-state index in [4.69, 9.17) is 0 Å². The van der Waals surface area contributed by atoms with Gasteiger partial charge in [0.1, 0.15) is 0 Å². The molecule has 0 saturated carbocycles. The molecule has 0 aliphatic heterocycles. The number of carbonyl (C=O) groups is 1. The van der Waals surface area contributed by atoms with Crippen molar-refractivity contribution in [3.63, 3.8) is 0 Å². The SMILES string of the molecule is C/C(C=NNC(=O)CSc1ccccn1)=C/c1ccc(C(C)C)cc1. The van der Waals surface area contributed by atoms with E-state index in [-0.39, 0.29) is 11.7 Å². The minimum absolute atomic E-state index is 0.152. The van der Waals surface area contributed by atoms with Crippen LogP contribution in [0.25, 0.3) is 6.08 Å². The average molecular weight is 353 g/mol. The summed E-state index contributed by atoms with van der Waals surface area (Å²) in [5.41, 5.74) is 5.94. The highest BCUT2D eigenvalue weighted by Crippen LogP contribution is 2.16. The second-order valence-electron chi connectivity index (χ2n) is 5.96. The first kappa shape index (κ1) is 18.9. The number of amides is 1. The average Bonchev–Trinajstić information content (AvgIpc) is 2.61. The van der Waals surface area contributed by atoms with Crippen LogP contribution in [0.2, 0.25) is 0 Å². The Bertz CT molecular complexity index is 737. The highest BCUT2D eigenvalue weighted by molar-refractivity contribution is 7.99. The van der Waals surface area contributed by atoms with Gasteiger partial charge < -0.3 is 0 Å². The van der Waals surface area contributed by atoms with Crippen LogP contribution in [0.1, 0.15) is 37.8 Å². The van der Waals surface area contributed by atoms with Crippen molar-refractivity contribution in [3.05, 3.63) is 65.4 Å². The highest BCUT2D eigenvalue weighted by atomic mass is 32.2. The van der Waals surface area contributed by atoms with Crippen molar-refractivity contribution in [2.24, 2.45) is 5.10 Å². The fourth-order valence-electron chi connectivity index (χ4n) is 2.09. The van der Waals surface area contributed by atoms with Gasteiger partial charge in [-0.2, -0.15) is 5.10 Å². The number of nitrogens with one attached hydrogen (secondary N) is 1. The summed E-state index contributed by atoms with van der Waals surface area (Å²) in [6.45, 7) is 6.31. The van der Waals surface area contributed by atoms with Crippen LogP contribution in [-0.2, 0) is 4.79 Å². The van der Waals surface area contributed by atoms with Crippen molar-refractivity contribution in [2.75, 3.05) is 5.75 Å². The zero-order valence-corrected chi connectivity index (χ0v) is 15.6. The summed E-state index contributed by atoms with van der Waals surface area (Å²) in [4.78, 5) is 15.9. The number of hydrogen-bond acceptors (Lipinski definition) is 4. The number of hydrogen-bond donors (Lipinski definition) is 1. The number of nitrogens with zero attached hydrogens (tertiary/aromatic N) is 2. The molecule has 2 rings (SSSR count). The third-order valence-electron chi connectivity index (χ3n) is 3.44. The molecule has 0 spiro atoms. The third kappa shape index (κ3) is 6.93. The number of benzene rings is 1. The Morgan fingerprint density at radius 3 is 2.64 bits per heavy atom. The van der Waals surface area contributed by atoms with E-state index in [1.807, 2.05) is 31.2 Å². The van der Waals surface area contributed by atoms with Crippen LogP contribution in [0.3, 0.4) is 0 Å². The lowest BCUT2D eigenvalue weighted by Crippen LogP contribution is -2.19. The number of aromatic nitrogens is 1. The van der Waals surface area contributed by atoms with Crippen LogP contribution < -0.4 is 5.43 Å². The van der Waals surface area contributed by atoms with Gasteiger partial charge in [-0.3, -0.25) is 4.79 Å². The second-order valence-corrected chi connectivity index (χ2v) is 6.96. The topological polar surface area (TPSA) is 54.4 Å². The van der Waals surface area contributed by atoms with Gasteiger partial charge in [-0.15, -0.1) is 0 Å². The minimum Gasteiger partial charge on any atom is -0.272 e. The largest absolute Gasteiger partial charge is 0.272 e. The van der Waals surface area contributed by atoms with Gasteiger partial charge in [-0.05, 0) is 41.7 Å². The van der Waals surface area contributed by atoms with Crippen LogP contribution in [0.15, 0.2) is 64.4 Å². The molecule has 2 aromatic rings. The van der Waals surface area contributed by atoms with Gasteiger partial charge in [0, 0.05) is 6.20 Å². The molecule has 0 saturated heterocycles. The molecule has 0 unspecified atom stereocenters. The lowest BCUT2D eigenvalue weighted by molar-refractivity contribution is -0.118.